The molecule has 0 N–H and O–H groups in total. The fraction of sp³-hybridized carbons (Fsp3) is 0.462. The molecule has 1 aliphatic carbocycles. The zero-order valence-corrected chi connectivity index (χ0v) is 9.38. The molecule has 1 aliphatic rings. The fourth-order valence-corrected chi connectivity index (χ4v) is 1.50. The van der Waals surface area contributed by atoms with Gasteiger partial charge in [-0.3, -0.25) is 4.98 Å². The Labute approximate surface area is 86.9 Å². The van der Waals surface area contributed by atoms with Crippen molar-refractivity contribution in [3.63, 3.8) is 0 Å². The fourth-order valence-electron chi connectivity index (χ4n) is 1.50. The summed E-state index contributed by atoms with van der Waals surface area (Å²) in [5, 5.41) is 0. The quantitative estimate of drug-likeness (QED) is 0.686. The molecule has 1 heteroatoms. The monoisotopic (exact) mass is 189 g/mol. The van der Waals surface area contributed by atoms with Gasteiger partial charge >= 0.3 is 0 Å². The highest BCUT2D eigenvalue weighted by atomic mass is 14.7. The molecule has 1 heterocycles. The van der Waals surface area contributed by atoms with E-state index in [0.717, 1.165) is 11.6 Å². The first kappa shape index (κ1) is 11.0. The van der Waals surface area contributed by atoms with Crippen molar-refractivity contribution in [3.8, 4) is 0 Å². The van der Waals surface area contributed by atoms with E-state index in [4.69, 9.17) is 0 Å². The van der Waals surface area contributed by atoms with Crippen LogP contribution in [0.4, 0.5) is 0 Å². The average Bonchev–Trinajstić information content (AvgIpc) is 3.04. The molecule has 0 aliphatic heterocycles. The van der Waals surface area contributed by atoms with Crippen LogP contribution in [0.2, 0.25) is 0 Å². The molecule has 0 spiro atoms. The van der Waals surface area contributed by atoms with Crippen LogP contribution in [0.25, 0.3) is 6.08 Å². The van der Waals surface area contributed by atoms with Crippen molar-refractivity contribution in [2.24, 2.45) is 0 Å². The maximum Gasteiger partial charge on any atom is 0.0378 e. The Bertz CT molecular complexity index is 311. The van der Waals surface area contributed by atoms with E-state index in [1.807, 2.05) is 33.0 Å². The maximum absolute atomic E-state index is 4.30. The smallest absolute Gasteiger partial charge is 0.0378 e. The summed E-state index contributed by atoms with van der Waals surface area (Å²) in [7, 11) is 0. The van der Waals surface area contributed by atoms with Crippen LogP contribution in [0.1, 0.15) is 49.4 Å². The lowest BCUT2D eigenvalue weighted by Gasteiger charge is -2.03. The van der Waals surface area contributed by atoms with Crippen LogP contribution >= 0.6 is 0 Å². The molecular formula is C13H19N. The molecule has 1 aromatic rings. The van der Waals surface area contributed by atoms with Gasteiger partial charge in [-0.05, 0) is 42.9 Å². The Kier molecular flexibility index (Phi) is 3.87. The van der Waals surface area contributed by atoms with Gasteiger partial charge in [0.05, 0.1) is 0 Å². The normalized spacial score (nSPS) is 14.2. The van der Waals surface area contributed by atoms with Gasteiger partial charge < -0.3 is 0 Å². The Balaban J connectivity index is 0.000000461. The molecule has 1 nitrogen and oxygen atoms in total. The summed E-state index contributed by atoms with van der Waals surface area (Å²) < 4.78 is 0. The highest BCUT2D eigenvalue weighted by Gasteiger charge is 2.25. The van der Waals surface area contributed by atoms with E-state index in [2.05, 4.69) is 17.6 Å². The third-order valence-electron chi connectivity index (χ3n) is 2.34. The van der Waals surface area contributed by atoms with Crippen LogP contribution in [0.15, 0.2) is 18.8 Å². The van der Waals surface area contributed by atoms with Crippen molar-refractivity contribution in [2.45, 2.75) is 39.5 Å². The van der Waals surface area contributed by atoms with Gasteiger partial charge in [-0.2, -0.15) is 0 Å². The van der Waals surface area contributed by atoms with E-state index in [1.165, 1.54) is 24.0 Å². The predicted molar refractivity (Wildman–Crippen MR) is 62.4 cm³/mol. The number of rotatable bonds is 2. The molecule has 1 fully saturated rings. The van der Waals surface area contributed by atoms with Gasteiger partial charge in [-0.1, -0.05) is 26.5 Å². The van der Waals surface area contributed by atoms with E-state index in [-0.39, 0.29) is 0 Å². The van der Waals surface area contributed by atoms with Gasteiger partial charge in [0.2, 0.25) is 0 Å². The molecule has 0 unspecified atom stereocenters. The number of aromatic nitrogens is 1. The maximum atomic E-state index is 4.30. The van der Waals surface area contributed by atoms with Crippen LogP contribution in [0, 0.1) is 6.92 Å². The molecule has 76 valence electrons. The number of hydrogen-bond donors (Lipinski definition) is 0. The van der Waals surface area contributed by atoms with Crippen LogP contribution in [-0.2, 0) is 0 Å². The summed E-state index contributed by atoms with van der Waals surface area (Å²) in [6, 6.07) is 2.11. The predicted octanol–water partition coefficient (Wildman–Crippen LogP) is 3.94. The van der Waals surface area contributed by atoms with Gasteiger partial charge in [0, 0.05) is 11.9 Å². The molecule has 1 aromatic heterocycles. The summed E-state index contributed by atoms with van der Waals surface area (Å²) in [6.07, 6.45) is 6.59. The van der Waals surface area contributed by atoms with E-state index in [9.17, 15) is 0 Å². The van der Waals surface area contributed by atoms with Crippen LogP contribution in [0.5, 0.6) is 0 Å². The molecule has 0 bridgehead atoms. The number of aryl methyl sites for hydroxylation is 1. The van der Waals surface area contributed by atoms with Gasteiger partial charge in [-0.25, -0.2) is 0 Å². The van der Waals surface area contributed by atoms with Gasteiger partial charge in [-0.15, -0.1) is 0 Å². The van der Waals surface area contributed by atoms with Crippen LogP contribution in [-0.4, -0.2) is 4.98 Å². The topological polar surface area (TPSA) is 12.9 Å². The lowest BCUT2D eigenvalue weighted by Crippen LogP contribution is -1.90. The average molecular weight is 189 g/mol. The standard InChI is InChI=1S/C11H13N.C2H6/c1-3-9-6-8(2)12-7-11(9)10-4-5-10;1-2/h3,6-7,10H,1,4-5H2,2H3;1-2H3. The molecule has 0 atom stereocenters. The SMILES string of the molecule is C=Cc1cc(C)ncc1C1CC1.CC. The highest BCUT2D eigenvalue weighted by molar-refractivity contribution is 5.53. The molecule has 2 rings (SSSR count). The first-order chi connectivity index (χ1) is 6.81. The Morgan fingerprint density at radius 2 is 2.07 bits per heavy atom. The van der Waals surface area contributed by atoms with Gasteiger partial charge in [0.1, 0.15) is 0 Å². The van der Waals surface area contributed by atoms with Crippen molar-refractivity contribution in [3.05, 3.63) is 35.7 Å². The summed E-state index contributed by atoms with van der Waals surface area (Å²) >= 11 is 0. The Morgan fingerprint density at radius 3 is 2.57 bits per heavy atom. The van der Waals surface area contributed by atoms with E-state index in [0.29, 0.717) is 0 Å². The highest BCUT2D eigenvalue weighted by Crippen LogP contribution is 2.41. The molecule has 0 saturated heterocycles. The first-order valence-corrected chi connectivity index (χ1v) is 5.40. The number of nitrogens with zero attached hydrogens (tertiary/aromatic N) is 1. The second-order valence-electron chi connectivity index (χ2n) is 3.43. The lowest BCUT2D eigenvalue weighted by atomic mass is 10.1. The summed E-state index contributed by atoms with van der Waals surface area (Å²) in [6.45, 7) is 9.83. The van der Waals surface area contributed by atoms with E-state index >= 15 is 0 Å². The van der Waals surface area contributed by atoms with Gasteiger partial charge in [0.15, 0.2) is 0 Å². The third-order valence-corrected chi connectivity index (χ3v) is 2.34. The van der Waals surface area contributed by atoms with E-state index < -0.39 is 0 Å². The molecule has 0 aromatic carbocycles. The van der Waals surface area contributed by atoms with Gasteiger partial charge in [0.25, 0.3) is 0 Å². The zero-order chi connectivity index (χ0) is 10.6. The summed E-state index contributed by atoms with van der Waals surface area (Å²) in [5.74, 6) is 0.770. The summed E-state index contributed by atoms with van der Waals surface area (Å²) in [5.41, 5.74) is 3.73. The van der Waals surface area contributed by atoms with Crippen molar-refractivity contribution < 1.29 is 0 Å². The molecule has 1 saturated carbocycles. The van der Waals surface area contributed by atoms with Crippen molar-refractivity contribution in [1.82, 2.24) is 4.98 Å². The minimum Gasteiger partial charge on any atom is -0.261 e. The molecule has 0 radical (unpaired) electrons. The summed E-state index contributed by atoms with van der Waals surface area (Å²) in [4.78, 5) is 4.30. The number of pyridine rings is 1. The Morgan fingerprint density at radius 1 is 1.43 bits per heavy atom. The number of hydrogen-bond acceptors (Lipinski definition) is 1. The minimum absolute atomic E-state index is 0.770. The minimum atomic E-state index is 0.770. The zero-order valence-electron chi connectivity index (χ0n) is 9.38. The first-order valence-electron chi connectivity index (χ1n) is 5.40. The van der Waals surface area contributed by atoms with Crippen molar-refractivity contribution >= 4 is 6.08 Å². The largest absolute Gasteiger partial charge is 0.261 e. The van der Waals surface area contributed by atoms with E-state index in [1.54, 1.807) is 0 Å². The molecule has 14 heavy (non-hydrogen) atoms. The van der Waals surface area contributed by atoms with Crippen LogP contribution in [0.3, 0.4) is 0 Å². The van der Waals surface area contributed by atoms with Crippen molar-refractivity contribution in [2.75, 3.05) is 0 Å². The lowest BCUT2D eigenvalue weighted by molar-refractivity contribution is 1.06. The molecular weight excluding hydrogens is 170 g/mol. The van der Waals surface area contributed by atoms with Crippen LogP contribution < -0.4 is 0 Å². The third kappa shape index (κ3) is 2.44. The molecule has 0 amide bonds. The second-order valence-corrected chi connectivity index (χ2v) is 3.43. The second kappa shape index (κ2) is 4.94. The Hall–Kier alpha value is -1.11. The van der Waals surface area contributed by atoms with Crippen molar-refractivity contribution in [1.29, 1.82) is 0 Å².